The minimum Gasteiger partial charge on any atom is -0.476 e. The number of anilines is 1. The van der Waals surface area contributed by atoms with Crippen molar-refractivity contribution < 1.29 is 9.90 Å². The maximum Gasteiger partial charge on any atom is 0.357 e. The zero-order valence-electron chi connectivity index (χ0n) is 13.7. The summed E-state index contributed by atoms with van der Waals surface area (Å²) in [6.45, 7) is 4.14. The molecule has 0 saturated carbocycles. The molecule has 3 heterocycles. The number of carboxylic acids is 1. The Kier molecular flexibility index (Phi) is 3.21. The van der Waals surface area contributed by atoms with Crippen LogP contribution in [0.1, 0.15) is 30.4 Å². The van der Waals surface area contributed by atoms with E-state index in [1.54, 1.807) is 6.07 Å². The topological polar surface area (TPSA) is 123 Å². The number of nitrogen functional groups attached to an aromatic ring is 1. The summed E-state index contributed by atoms with van der Waals surface area (Å²) in [4.78, 5) is 19.7. The number of nitrogens with zero attached hydrogens (tertiary/aromatic N) is 4. The Labute approximate surface area is 142 Å². The van der Waals surface area contributed by atoms with Crippen molar-refractivity contribution in [2.75, 3.05) is 5.73 Å². The molecule has 1 aromatic carbocycles. The van der Waals surface area contributed by atoms with Gasteiger partial charge < -0.3 is 15.4 Å². The zero-order valence-corrected chi connectivity index (χ0v) is 13.7. The highest BCUT2D eigenvalue weighted by molar-refractivity contribution is 6.05. The van der Waals surface area contributed by atoms with Gasteiger partial charge in [0.05, 0.1) is 10.9 Å². The number of carboxylic acid groups (broad SMARTS) is 1. The molecular weight excluding hydrogens is 320 g/mol. The lowest BCUT2D eigenvalue weighted by atomic mass is 10.0. The molecule has 0 amide bonds. The molecule has 4 aromatic rings. The molecule has 0 atom stereocenters. The minimum atomic E-state index is -1.06. The predicted molar refractivity (Wildman–Crippen MR) is 94.4 cm³/mol. The van der Waals surface area contributed by atoms with Gasteiger partial charge in [0.2, 0.25) is 0 Å². The van der Waals surface area contributed by atoms with Crippen LogP contribution in [-0.4, -0.2) is 35.8 Å². The van der Waals surface area contributed by atoms with Crippen LogP contribution in [0.15, 0.2) is 30.7 Å². The van der Waals surface area contributed by atoms with Gasteiger partial charge in [-0.05, 0) is 31.5 Å². The Morgan fingerprint density at radius 3 is 2.84 bits per heavy atom. The van der Waals surface area contributed by atoms with E-state index in [1.165, 1.54) is 6.33 Å². The first-order valence-electron chi connectivity index (χ1n) is 7.80. The average Bonchev–Trinajstić information content (AvgIpc) is 3.16. The van der Waals surface area contributed by atoms with E-state index in [-0.39, 0.29) is 11.7 Å². The van der Waals surface area contributed by atoms with Crippen molar-refractivity contribution in [1.82, 2.24) is 24.7 Å². The number of benzene rings is 1. The number of aromatic amines is 1. The molecular formula is C17H16N6O2. The summed E-state index contributed by atoms with van der Waals surface area (Å²) in [5.74, 6) is -0.650. The van der Waals surface area contributed by atoms with Crippen LogP contribution >= 0.6 is 0 Å². The number of aromatic nitrogens is 5. The Morgan fingerprint density at radius 1 is 1.32 bits per heavy atom. The van der Waals surface area contributed by atoms with Crippen molar-refractivity contribution in [2.24, 2.45) is 0 Å². The number of H-pyrrole nitrogens is 1. The monoisotopic (exact) mass is 336 g/mol. The minimum absolute atomic E-state index is 0.00834. The van der Waals surface area contributed by atoms with Crippen molar-refractivity contribution in [3.8, 4) is 11.1 Å². The van der Waals surface area contributed by atoms with Crippen LogP contribution in [-0.2, 0) is 0 Å². The maximum absolute atomic E-state index is 11.2. The average molecular weight is 336 g/mol. The largest absolute Gasteiger partial charge is 0.476 e. The van der Waals surface area contributed by atoms with Crippen molar-refractivity contribution in [2.45, 2.75) is 19.9 Å². The third-order valence-electron chi connectivity index (χ3n) is 4.27. The van der Waals surface area contributed by atoms with E-state index < -0.39 is 5.97 Å². The van der Waals surface area contributed by atoms with Gasteiger partial charge in [-0.25, -0.2) is 14.8 Å². The highest BCUT2D eigenvalue weighted by Gasteiger charge is 2.18. The Balaban J connectivity index is 1.98. The normalized spacial score (nSPS) is 11.6. The quantitative estimate of drug-likeness (QED) is 0.528. The van der Waals surface area contributed by atoms with E-state index in [2.05, 4.69) is 34.0 Å². The second-order valence-corrected chi connectivity index (χ2v) is 6.14. The van der Waals surface area contributed by atoms with Gasteiger partial charge in [-0.2, -0.15) is 5.10 Å². The van der Waals surface area contributed by atoms with Gasteiger partial charge >= 0.3 is 5.97 Å². The first-order chi connectivity index (χ1) is 12.0. The fourth-order valence-electron chi connectivity index (χ4n) is 3.07. The van der Waals surface area contributed by atoms with Gasteiger partial charge in [0.25, 0.3) is 0 Å². The Hall–Kier alpha value is -3.42. The summed E-state index contributed by atoms with van der Waals surface area (Å²) in [6.07, 6.45) is 3.45. The SMILES string of the molecule is CC(C)n1cc(-c2ccc3c(C(=O)O)n[nH]c3c2)c2c(N)ncnc21. The van der Waals surface area contributed by atoms with Crippen LogP contribution in [0.2, 0.25) is 0 Å². The van der Waals surface area contributed by atoms with Crippen LogP contribution < -0.4 is 5.73 Å². The summed E-state index contributed by atoms with van der Waals surface area (Å²) < 4.78 is 2.04. The van der Waals surface area contributed by atoms with E-state index in [0.717, 1.165) is 22.2 Å². The number of aromatic carboxylic acids is 1. The molecule has 0 radical (unpaired) electrons. The van der Waals surface area contributed by atoms with Crippen molar-refractivity contribution in [3.05, 3.63) is 36.4 Å². The molecule has 4 rings (SSSR count). The number of nitrogens with one attached hydrogen (secondary N) is 1. The molecule has 3 aromatic heterocycles. The molecule has 25 heavy (non-hydrogen) atoms. The lowest BCUT2D eigenvalue weighted by molar-refractivity contribution is 0.0692. The molecule has 8 nitrogen and oxygen atoms in total. The highest BCUT2D eigenvalue weighted by atomic mass is 16.4. The predicted octanol–water partition coefficient (Wildman–Crippen LogP) is 2.84. The molecule has 8 heteroatoms. The molecule has 0 aliphatic rings. The molecule has 0 fully saturated rings. The summed E-state index contributed by atoms with van der Waals surface area (Å²) in [5, 5.41) is 17.2. The van der Waals surface area contributed by atoms with Crippen molar-refractivity contribution >= 4 is 33.7 Å². The first-order valence-corrected chi connectivity index (χ1v) is 7.80. The van der Waals surface area contributed by atoms with Gasteiger partial charge in [-0.15, -0.1) is 0 Å². The van der Waals surface area contributed by atoms with Crippen LogP contribution in [0.4, 0.5) is 5.82 Å². The maximum atomic E-state index is 11.2. The van der Waals surface area contributed by atoms with Crippen LogP contribution in [0.5, 0.6) is 0 Å². The summed E-state index contributed by atoms with van der Waals surface area (Å²) in [6, 6.07) is 5.67. The third kappa shape index (κ3) is 2.22. The molecule has 0 aliphatic carbocycles. The van der Waals surface area contributed by atoms with Gasteiger partial charge in [0.1, 0.15) is 17.8 Å². The highest BCUT2D eigenvalue weighted by Crippen LogP contribution is 2.35. The summed E-state index contributed by atoms with van der Waals surface area (Å²) in [7, 11) is 0. The van der Waals surface area contributed by atoms with Gasteiger partial charge in [-0.1, -0.05) is 6.07 Å². The van der Waals surface area contributed by atoms with E-state index in [4.69, 9.17) is 5.73 Å². The van der Waals surface area contributed by atoms with E-state index >= 15 is 0 Å². The van der Waals surface area contributed by atoms with E-state index in [1.807, 2.05) is 22.9 Å². The van der Waals surface area contributed by atoms with Crippen LogP contribution in [0.25, 0.3) is 33.1 Å². The Morgan fingerprint density at radius 2 is 2.12 bits per heavy atom. The standard InChI is InChI=1S/C17H16N6O2/c1-8(2)23-6-11(13-15(18)19-7-20-16(13)23)9-3-4-10-12(5-9)21-22-14(10)17(24)25/h3-8H,1-2H3,(H,21,22)(H,24,25)(H2,18,19,20). The summed E-state index contributed by atoms with van der Waals surface area (Å²) >= 11 is 0. The summed E-state index contributed by atoms with van der Waals surface area (Å²) in [5.41, 5.74) is 9.32. The number of hydrogen-bond acceptors (Lipinski definition) is 5. The smallest absolute Gasteiger partial charge is 0.357 e. The number of fused-ring (bicyclic) bond motifs is 2. The van der Waals surface area contributed by atoms with Crippen LogP contribution in [0, 0.1) is 0 Å². The van der Waals surface area contributed by atoms with Gasteiger partial charge in [-0.3, -0.25) is 5.10 Å². The number of nitrogens with two attached hydrogens (primary N) is 1. The zero-order chi connectivity index (χ0) is 17.7. The number of carbonyl (C=O) groups is 1. The fraction of sp³-hybridized carbons (Fsp3) is 0.176. The number of hydrogen-bond donors (Lipinski definition) is 3. The Bertz CT molecular complexity index is 1130. The lowest BCUT2D eigenvalue weighted by Crippen LogP contribution is -2.00. The molecule has 126 valence electrons. The molecule has 0 unspecified atom stereocenters. The van der Waals surface area contributed by atoms with Crippen molar-refractivity contribution in [3.63, 3.8) is 0 Å². The van der Waals surface area contributed by atoms with Crippen LogP contribution in [0.3, 0.4) is 0 Å². The van der Waals surface area contributed by atoms with Crippen molar-refractivity contribution in [1.29, 1.82) is 0 Å². The lowest BCUT2D eigenvalue weighted by Gasteiger charge is -2.07. The van der Waals surface area contributed by atoms with E-state index in [9.17, 15) is 9.90 Å². The number of rotatable bonds is 3. The first kappa shape index (κ1) is 15.1. The molecule has 4 N–H and O–H groups in total. The molecule has 0 spiro atoms. The fourth-order valence-corrected chi connectivity index (χ4v) is 3.07. The van der Waals surface area contributed by atoms with Gasteiger partial charge in [0.15, 0.2) is 5.69 Å². The second kappa shape index (κ2) is 5.30. The molecule has 0 saturated heterocycles. The van der Waals surface area contributed by atoms with Gasteiger partial charge in [0, 0.05) is 23.2 Å². The molecule has 0 bridgehead atoms. The third-order valence-corrected chi connectivity index (χ3v) is 4.27. The second-order valence-electron chi connectivity index (χ2n) is 6.14. The molecule has 0 aliphatic heterocycles. The van der Waals surface area contributed by atoms with E-state index in [0.29, 0.717) is 16.7 Å².